The van der Waals surface area contributed by atoms with E-state index in [2.05, 4.69) is 0 Å². The Kier molecular flexibility index (Phi) is 4.85. The molecule has 2 heterocycles. The molecule has 2 atom stereocenters. The van der Waals surface area contributed by atoms with Gasteiger partial charge in [-0.1, -0.05) is 0 Å². The molecule has 0 aromatic heterocycles. The van der Waals surface area contributed by atoms with Gasteiger partial charge in [0.25, 0.3) is 5.91 Å². The monoisotopic (exact) mass is 334 g/mol. The zero-order valence-corrected chi connectivity index (χ0v) is 13.9. The molecule has 2 aliphatic rings. The fourth-order valence-electron chi connectivity index (χ4n) is 3.52. The third-order valence-electron chi connectivity index (χ3n) is 4.99. The van der Waals surface area contributed by atoms with Gasteiger partial charge in [0.1, 0.15) is 5.82 Å². The molecule has 130 valence electrons. The quantitative estimate of drug-likeness (QED) is 0.922. The number of carbonyl (C=O) groups is 2. The lowest BCUT2D eigenvalue weighted by atomic mass is 9.93. The number of amides is 2. The van der Waals surface area contributed by atoms with E-state index in [0.29, 0.717) is 31.7 Å². The SMILES string of the molecule is CC(O)C1CCCN(C(=O)c2cc(N3CCCC3=O)ccc2F)C1. The van der Waals surface area contributed by atoms with Crippen molar-refractivity contribution in [2.24, 2.45) is 5.92 Å². The fourth-order valence-corrected chi connectivity index (χ4v) is 3.52. The van der Waals surface area contributed by atoms with Gasteiger partial charge in [-0.05, 0) is 44.4 Å². The molecule has 2 aliphatic heterocycles. The Morgan fingerprint density at radius 2 is 2.12 bits per heavy atom. The standard InChI is InChI=1S/C18H23FN2O3/c1-12(22)13-4-2-8-20(11-13)18(24)15-10-14(6-7-16(15)19)21-9-3-5-17(21)23/h6-7,10,12-13,22H,2-5,8-9,11H2,1H3. The molecule has 1 aromatic rings. The minimum atomic E-state index is -0.574. The maximum absolute atomic E-state index is 14.2. The van der Waals surface area contributed by atoms with E-state index in [-0.39, 0.29) is 23.3 Å². The van der Waals surface area contributed by atoms with Crippen LogP contribution in [0.15, 0.2) is 18.2 Å². The van der Waals surface area contributed by atoms with Crippen molar-refractivity contribution >= 4 is 17.5 Å². The third kappa shape index (κ3) is 3.29. The number of rotatable bonds is 3. The molecule has 2 saturated heterocycles. The second-order valence-corrected chi connectivity index (χ2v) is 6.71. The minimum Gasteiger partial charge on any atom is -0.393 e. The number of likely N-dealkylation sites (tertiary alicyclic amines) is 1. The predicted molar refractivity (Wildman–Crippen MR) is 88.3 cm³/mol. The normalized spacial score (nSPS) is 22.8. The highest BCUT2D eigenvalue weighted by Crippen LogP contribution is 2.26. The molecule has 6 heteroatoms. The van der Waals surface area contributed by atoms with Crippen molar-refractivity contribution in [3.8, 4) is 0 Å². The molecule has 24 heavy (non-hydrogen) atoms. The van der Waals surface area contributed by atoms with E-state index in [9.17, 15) is 19.1 Å². The zero-order chi connectivity index (χ0) is 17.3. The first-order valence-corrected chi connectivity index (χ1v) is 8.54. The summed E-state index contributed by atoms with van der Waals surface area (Å²) in [6, 6.07) is 4.28. The van der Waals surface area contributed by atoms with Crippen LogP contribution in [0.2, 0.25) is 0 Å². The lowest BCUT2D eigenvalue weighted by Crippen LogP contribution is -2.43. The van der Waals surface area contributed by atoms with E-state index >= 15 is 0 Å². The van der Waals surface area contributed by atoms with Gasteiger partial charge in [-0.15, -0.1) is 0 Å². The van der Waals surface area contributed by atoms with Crippen LogP contribution in [0.1, 0.15) is 43.0 Å². The van der Waals surface area contributed by atoms with E-state index in [4.69, 9.17) is 0 Å². The maximum Gasteiger partial charge on any atom is 0.256 e. The molecule has 0 bridgehead atoms. The summed E-state index contributed by atoms with van der Waals surface area (Å²) in [5.41, 5.74) is 0.574. The van der Waals surface area contributed by atoms with Crippen LogP contribution in [-0.4, -0.2) is 47.6 Å². The Hall–Kier alpha value is -1.95. The summed E-state index contributed by atoms with van der Waals surface area (Å²) < 4.78 is 14.2. The summed E-state index contributed by atoms with van der Waals surface area (Å²) in [4.78, 5) is 27.8. The average Bonchev–Trinajstić information content (AvgIpc) is 3.01. The Balaban J connectivity index is 1.82. The van der Waals surface area contributed by atoms with E-state index in [1.165, 1.54) is 12.1 Å². The highest BCUT2D eigenvalue weighted by Gasteiger charge is 2.29. The number of aliphatic hydroxyl groups is 1. The number of hydrogen-bond donors (Lipinski definition) is 1. The van der Waals surface area contributed by atoms with Crippen LogP contribution in [0.5, 0.6) is 0 Å². The van der Waals surface area contributed by atoms with Gasteiger partial charge < -0.3 is 14.9 Å². The van der Waals surface area contributed by atoms with Crippen LogP contribution in [0.25, 0.3) is 0 Å². The summed E-state index contributed by atoms with van der Waals surface area (Å²) >= 11 is 0. The van der Waals surface area contributed by atoms with Crippen molar-refractivity contribution in [3.63, 3.8) is 0 Å². The van der Waals surface area contributed by atoms with E-state index in [0.717, 1.165) is 19.3 Å². The molecule has 1 aromatic carbocycles. The smallest absolute Gasteiger partial charge is 0.256 e. The summed E-state index contributed by atoms with van der Waals surface area (Å²) in [7, 11) is 0. The van der Waals surface area contributed by atoms with Gasteiger partial charge >= 0.3 is 0 Å². The molecule has 0 aliphatic carbocycles. The van der Waals surface area contributed by atoms with Gasteiger partial charge in [0.15, 0.2) is 0 Å². The minimum absolute atomic E-state index is 0.00144. The van der Waals surface area contributed by atoms with Crippen LogP contribution in [0.3, 0.4) is 0 Å². The first-order chi connectivity index (χ1) is 11.5. The molecular weight excluding hydrogens is 311 g/mol. The number of piperidine rings is 1. The van der Waals surface area contributed by atoms with Crippen LogP contribution in [0, 0.1) is 11.7 Å². The average molecular weight is 334 g/mol. The van der Waals surface area contributed by atoms with Crippen molar-refractivity contribution in [3.05, 3.63) is 29.6 Å². The fraction of sp³-hybridized carbons (Fsp3) is 0.556. The highest BCUT2D eigenvalue weighted by molar-refractivity contribution is 5.99. The molecular formula is C18H23FN2O3. The molecule has 0 saturated carbocycles. The Bertz CT molecular complexity index is 647. The van der Waals surface area contributed by atoms with Gasteiger partial charge in [-0.25, -0.2) is 4.39 Å². The molecule has 0 spiro atoms. The van der Waals surface area contributed by atoms with Gasteiger partial charge in [-0.3, -0.25) is 9.59 Å². The molecule has 3 rings (SSSR count). The second kappa shape index (κ2) is 6.89. The number of aliphatic hydroxyl groups excluding tert-OH is 1. The summed E-state index contributed by atoms with van der Waals surface area (Å²) in [5.74, 6) is -0.915. The van der Waals surface area contributed by atoms with Crippen LogP contribution < -0.4 is 4.90 Å². The largest absolute Gasteiger partial charge is 0.393 e. The topological polar surface area (TPSA) is 60.9 Å². The summed E-state index contributed by atoms with van der Waals surface area (Å²) in [6.07, 6.45) is 2.45. The van der Waals surface area contributed by atoms with E-state index < -0.39 is 11.9 Å². The molecule has 0 radical (unpaired) electrons. The first-order valence-electron chi connectivity index (χ1n) is 8.54. The number of carbonyl (C=O) groups excluding carboxylic acids is 2. The molecule has 2 unspecified atom stereocenters. The van der Waals surface area contributed by atoms with E-state index in [1.54, 1.807) is 22.8 Å². The van der Waals surface area contributed by atoms with Crippen molar-refractivity contribution < 1.29 is 19.1 Å². The zero-order valence-electron chi connectivity index (χ0n) is 13.9. The van der Waals surface area contributed by atoms with Gasteiger partial charge in [0.2, 0.25) is 5.91 Å². The summed E-state index contributed by atoms with van der Waals surface area (Å²) in [6.45, 7) is 3.32. The van der Waals surface area contributed by atoms with Crippen molar-refractivity contribution in [2.75, 3.05) is 24.5 Å². The van der Waals surface area contributed by atoms with Crippen molar-refractivity contribution in [2.45, 2.75) is 38.7 Å². The van der Waals surface area contributed by atoms with Crippen LogP contribution >= 0.6 is 0 Å². The third-order valence-corrected chi connectivity index (χ3v) is 4.99. The van der Waals surface area contributed by atoms with Crippen LogP contribution in [-0.2, 0) is 4.79 Å². The number of benzene rings is 1. The van der Waals surface area contributed by atoms with Crippen molar-refractivity contribution in [1.29, 1.82) is 0 Å². The first kappa shape index (κ1) is 16.9. The van der Waals surface area contributed by atoms with Gasteiger partial charge in [0.05, 0.1) is 11.7 Å². The maximum atomic E-state index is 14.2. The molecule has 2 amide bonds. The number of halogens is 1. The number of hydrogen-bond acceptors (Lipinski definition) is 3. The molecule has 1 N–H and O–H groups in total. The number of nitrogens with zero attached hydrogens (tertiary/aromatic N) is 2. The van der Waals surface area contributed by atoms with Crippen LogP contribution in [0.4, 0.5) is 10.1 Å². The Morgan fingerprint density at radius 1 is 1.33 bits per heavy atom. The Morgan fingerprint density at radius 3 is 2.79 bits per heavy atom. The summed E-state index contributed by atoms with van der Waals surface area (Å²) in [5, 5.41) is 9.76. The van der Waals surface area contributed by atoms with Gasteiger partial charge in [0, 0.05) is 37.7 Å². The van der Waals surface area contributed by atoms with E-state index in [1.807, 2.05) is 0 Å². The number of anilines is 1. The molecule has 5 nitrogen and oxygen atoms in total. The second-order valence-electron chi connectivity index (χ2n) is 6.71. The highest BCUT2D eigenvalue weighted by atomic mass is 19.1. The lowest BCUT2D eigenvalue weighted by molar-refractivity contribution is -0.117. The van der Waals surface area contributed by atoms with Crippen molar-refractivity contribution in [1.82, 2.24) is 4.90 Å². The Labute approximate surface area is 141 Å². The van der Waals surface area contributed by atoms with Gasteiger partial charge in [-0.2, -0.15) is 0 Å². The molecule has 2 fully saturated rings. The lowest BCUT2D eigenvalue weighted by Gasteiger charge is -2.34. The predicted octanol–water partition coefficient (Wildman–Crippen LogP) is 2.19.